The minimum atomic E-state index is -0.553. The van der Waals surface area contributed by atoms with Crippen molar-refractivity contribution >= 4 is 0 Å². The topological polar surface area (TPSA) is 49.9 Å². The number of nitrogens with one attached hydrogen (secondary N) is 1. The quantitative estimate of drug-likeness (QED) is 0.647. The van der Waals surface area contributed by atoms with E-state index in [1.165, 1.54) is 16.8 Å². The number of nitrogens with zero attached hydrogens (tertiary/aromatic N) is 1. The Morgan fingerprint density at radius 2 is 2.15 bits per heavy atom. The number of aromatic amines is 1. The molecule has 0 saturated heterocycles. The van der Waals surface area contributed by atoms with Gasteiger partial charge in [0.05, 0.1) is 0 Å². The van der Waals surface area contributed by atoms with Gasteiger partial charge in [0.15, 0.2) is 5.82 Å². The van der Waals surface area contributed by atoms with E-state index in [9.17, 15) is 9.18 Å². The number of halogens is 1. The summed E-state index contributed by atoms with van der Waals surface area (Å²) in [4.78, 5) is 10.6. The first-order valence-electron chi connectivity index (χ1n) is 3.62. The van der Waals surface area contributed by atoms with Gasteiger partial charge in [-0.15, -0.1) is 0 Å². The fourth-order valence-electron chi connectivity index (χ4n) is 1.02. The molecule has 0 fully saturated rings. The van der Waals surface area contributed by atoms with Gasteiger partial charge in [-0.05, 0) is 16.0 Å². The van der Waals surface area contributed by atoms with Gasteiger partial charge < -0.3 is 0 Å². The highest BCUT2D eigenvalue weighted by Crippen LogP contribution is 2.03. The smallest absolute Gasteiger partial charge is 0.283 e. The fourth-order valence-corrected chi connectivity index (χ4v) is 1.02. The molecule has 2 rings (SSSR count). The summed E-state index contributed by atoms with van der Waals surface area (Å²) in [5, 5.41) is 2.25. The van der Waals surface area contributed by atoms with Crippen molar-refractivity contribution in [2.75, 3.05) is 0 Å². The molecule has 0 aliphatic rings. The molecule has 0 atom stereocenters. The third-order valence-electron chi connectivity index (χ3n) is 1.59. The van der Waals surface area contributed by atoms with Gasteiger partial charge in [0, 0.05) is 6.07 Å². The lowest BCUT2D eigenvalue weighted by Crippen LogP contribution is -2.33. The number of benzene rings is 1. The van der Waals surface area contributed by atoms with Gasteiger partial charge >= 0.3 is 5.63 Å². The van der Waals surface area contributed by atoms with E-state index in [0.717, 1.165) is 6.20 Å². The van der Waals surface area contributed by atoms with Gasteiger partial charge in [-0.2, -0.15) is 4.39 Å². The minimum absolute atomic E-state index is 0.244. The van der Waals surface area contributed by atoms with Gasteiger partial charge in [-0.3, -0.25) is 4.52 Å². The van der Waals surface area contributed by atoms with Crippen LogP contribution in [0, 0.1) is 5.82 Å². The van der Waals surface area contributed by atoms with E-state index in [1.54, 1.807) is 12.1 Å². The highest BCUT2D eigenvalue weighted by molar-refractivity contribution is 5.23. The maximum atomic E-state index is 13.1. The molecule has 4 nitrogen and oxygen atoms in total. The van der Waals surface area contributed by atoms with E-state index in [1.807, 2.05) is 0 Å². The zero-order valence-corrected chi connectivity index (χ0v) is 6.53. The van der Waals surface area contributed by atoms with Crippen molar-refractivity contribution < 1.29 is 13.6 Å². The highest BCUT2D eigenvalue weighted by atomic mass is 19.1. The van der Waals surface area contributed by atoms with E-state index in [4.69, 9.17) is 0 Å². The van der Waals surface area contributed by atoms with Gasteiger partial charge in [-0.25, -0.2) is 4.79 Å². The van der Waals surface area contributed by atoms with Crippen LogP contribution in [0.1, 0.15) is 0 Å². The molecule has 0 saturated carbocycles. The van der Waals surface area contributed by atoms with Crippen molar-refractivity contribution in [3.8, 4) is 5.69 Å². The van der Waals surface area contributed by atoms with Gasteiger partial charge in [0.25, 0.3) is 11.9 Å². The zero-order valence-electron chi connectivity index (χ0n) is 6.53. The standard InChI is InChI=1S/C8H5FN2O2/c9-6-3-1-2-4-7(6)11-5-8(12)13-10-11/h1-5H/p+1. The molecule has 1 aromatic carbocycles. The molecule has 0 amide bonds. The summed E-state index contributed by atoms with van der Waals surface area (Å²) in [7, 11) is 0. The molecule has 13 heavy (non-hydrogen) atoms. The Labute approximate surface area is 72.2 Å². The average Bonchev–Trinajstić information content (AvgIpc) is 2.53. The van der Waals surface area contributed by atoms with Crippen molar-refractivity contribution in [3.63, 3.8) is 0 Å². The SMILES string of the molecule is O=c1c[n+](-c2ccccc2F)[nH]o1. The normalized spacial score (nSPS) is 10.2. The van der Waals surface area contributed by atoms with Crippen LogP contribution in [0.15, 0.2) is 39.8 Å². The zero-order chi connectivity index (χ0) is 9.26. The van der Waals surface area contributed by atoms with E-state index in [-0.39, 0.29) is 5.69 Å². The molecule has 1 N–H and O–H groups in total. The third kappa shape index (κ3) is 1.35. The van der Waals surface area contributed by atoms with Gasteiger partial charge in [0.1, 0.15) is 0 Å². The Morgan fingerprint density at radius 1 is 1.38 bits per heavy atom. The Balaban J connectivity index is 2.58. The largest absolute Gasteiger partial charge is 0.427 e. The third-order valence-corrected chi connectivity index (χ3v) is 1.59. The lowest BCUT2D eigenvalue weighted by atomic mass is 10.3. The van der Waals surface area contributed by atoms with E-state index in [2.05, 4.69) is 9.79 Å². The second-order valence-electron chi connectivity index (χ2n) is 2.46. The van der Waals surface area contributed by atoms with Gasteiger partial charge in [-0.1, -0.05) is 12.1 Å². The molecule has 0 radical (unpaired) electrons. The summed E-state index contributed by atoms with van der Waals surface area (Å²) in [6.07, 6.45) is 1.12. The molecule has 5 heteroatoms. The molecule has 1 heterocycles. The number of aromatic nitrogens is 2. The van der Waals surface area contributed by atoms with Crippen LogP contribution >= 0.6 is 0 Å². The van der Waals surface area contributed by atoms with E-state index >= 15 is 0 Å². The van der Waals surface area contributed by atoms with Crippen LogP contribution in [0.5, 0.6) is 0 Å². The number of H-pyrrole nitrogens is 1. The predicted molar refractivity (Wildman–Crippen MR) is 40.8 cm³/mol. The lowest BCUT2D eigenvalue weighted by molar-refractivity contribution is -0.672. The maximum Gasteiger partial charge on any atom is 0.427 e. The summed E-state index contributed by atoms with van der Waals surface area (Å²) in [6, 6.07) is 6.06. The second-order valence-corrected chi connectivity index (χ2v) is 2.46. The predicted octanol–water partition coefficient (Wildman–Crippen LogP) is 0.384. The summed E-state index contributed by atoms with van der Waals surface area (Å²) in [5.74, 6) is -0.426. The highest BCUT2D eigenvalue weighted by Gasteiger charge is 2.14. The first-order valence-corrected chi connectivity index (χ1v) is 3.62. The number of para-hydroxylation sites is 1. The molecular formula is C8H6FN2O2+. The van der Waals surface area contributed by atoms with Crippen molar-refractivity contribution in [2.24, 2.45) is 0 Å². The summed E-state index contributed by atoms with van der Waals surface area (Å²) >= 11 is 0. The number of hydrogen-bond donors (Lipinski definition) is 1. The Kier molecular flexibility index (Phi) is 1.70. The Bertz CT molecular complexity index is 475. The molecule has 0 bridgehead atoms. The molecule has 1 aromatic heterocycles. The number of rotatable bonds is 1. The minimum Gasteiger partial charge on any atom is -0.283 e. The Hall–Kier alpha value is -1.91. The lowest BCUT2D eigenvalue weighted by Gasteiger charge is -1.89. The Morgan fingerprint density at radius 3 is 2.77 bits per heavy atom. The summed E-state index contributed by atoms with van der Waals surface area (Å²) in [5.41, 5.74) is -0.309. The fraction of sp³-hybridized carbons (Fsp3) is 0. The van der Waals surface area contributed by atoms with Crippen molar-refractivity contribution in [2.45, 2.75) is 0 Å². The summed E-state index contributed by atoms with van der Waals surface area (Å²) < 4.78 is 18.7. The summed E-state index contributed by atoms with van der Waals surface area (Å²) in [6.45, 7) is 0. The van der Waals surface area contributed by atoms with E-state index < -0.39 is 11.4 Å². The van der Waals surface area contributed by atoms with Crippen LogP contribution in [0.2, 0.25) is 0 Å². The van der Waals surface area contributed by atoms with Crippen LogP contribution in [-0.2, 0) is 0 Å². The van der Waals surface area contributed by atoms with Crippen molar-refractivity contribution in [1.29, 1.82) is 0 Å². The van der Waals surface area contributed by atoms with Gasteiger partial charge in [0.2, 0.25) is 0 Å². The van der Waals surface area contributed by atoms with Crippen molar-refractivity contribution in [1.82, 2.24) is 5.27 Å². The first kappa shape index (κ1) is 7.72. The molecule has 0 unspecified atom stereocenters. The molecule has 66 valence electrons. The van der Waals surface area contributed by atoms with Crippen LogP contribution in [-0.4, -0.2) is 5.27 Å². The first-order chi connectivity index (χ1) is 6.27. The van der Waals surface area contributed by atoms with Crippen molar-refractivity contribution in [3.05, 3.63) is 46.7 Å². The second kappa shape index (κ2) is 2.85. The maximum absolute atomic E-state index is 13.1. The molecular weight excluding hydrogens is 175 g/mol. The molecule has 0 aliphatic heterocycles. The van der Waals surface area contributed by atoms with Crippen LogP contribution < -0.4 is 10.3 Å². The molecule has 2 aromatic rings. The molecule has 0 spiro atoms. The van der Waals surface area contributed by atoms with Crippen LogP contribution in [0.3, 0.4) is 0 Å². The monoisotopic (exact) mass is 181 g/mol. The van der Waals surface area contributed by atoms with Crippen LogP contribution in [0.4, 0.5) is 4.39 Å². The van der Waals surface area contributed by atoms with Crippen LogP contribution in [0.25, 0.3) is 5.69 Å². The molecule has 0 aliphatic carbocycles. The number of hydrogen-bond acceptors (Lipinski definition) is 2. The van der Waals surface area contributed by atoms with E-state index in [0.29, 0.717) is 0 Å². The average molecular weight is 181 g/mol.